The van der Waals surface area contributed by atoms with Crippen LogP contribution in [0.3, 0.4) is 0 Å². The standard InChI is InChI=1S/C20H43O4P.Na/c1-4-5-6-7-8-9-10-11-12-13-14-15-16-17-18-23-25(21,22)24-19-20(2)3;/h20H,4-19H2,1-3H3,(H,21,22);/q;+1/p-1. The third-order valence-corrected chi connectivity index (χ3v) is 5.28. The van der Waals surface area contributed by atoms with Gasteiger partial charge < -0.3 is 13.9 Å². The van der Waals surface area contributed by atoms with Crippen LogP contribution in [0.15, 0.2) is 0 Å². The fourth-order valence-corrected chi connectivity index (χ4v) is 3.66. The first-order valence-corrected chi connectivity index (χ1v) is 12.0. The van der Waals surface area contributed by atoms with Crippen molar-refractivity contribution in [2.75, 3.05) is 13.2 Å². The number of unbranched alkanes of at least 4 members (excludes halogenated alkanes) is 13. The molecule has 152 valence electrons. The maximum atomic E-state index is 11.5. The van der Waals surface area contributed by atoms with Crippen LogP contribution >= 0.6 is 7.82 Å². The van der Waals surface area contributed by atoms with E-state index in [-0.39, 0.29) is 48.7 Å². The summed E-state index contributed by atoms with van der Waals surface area (Å²) in [6.45, 7) is 6.52. The molecule has 0 radical (unpaired) electrons. The quantitative estimate of drug-likeness (QED) is 0.189. The van der Waals surface area contributed by atoms with Crippen LogP contribution < -0.4 is 34.5 Å². The Morgan fingerprint density at radius 2 is 1.12 bits per heavy atom. The monoisotopic (exact) mass is 400 g/mol. The van der Waals surface area contributed by atoms with E-state index in [2.05, 4.69) is 6.92 Å². The van der Waals surface area contributed by atoms with Crippen molar-refractivity contribution in [1.29, 1.82) is 0 Å². The molecule has 0 aromatic heterocycles. The Morgan fingerprint density at radius 1 is 0.731 bits per heavy atom. The van der Waals surface area contributed by atoms with Gasteiger partial charge in [-0.2, -0.15) is 0 Å². The maximum absolute atomic E-state index is 11.5. The molecule has 0 aromatic rings. The zero-order valence-corrected chi connectivity index (χ0v) is 20.9. The van der Waals surface area contributed by atoms with Gasteiger partial charge in [-0.25, -0.2) is 0 Å². The van der Waals surface area contributed by atoms with Crippen LogP contribution in [0.4, 0.5) is 0 Å². The minimum Gasteiger partial charge on any atom is -0.756 e. The van der Waals surface area contributed by atoms with Crippen molar-refractivity contribution in [3.05, 3.63) is 0 Å². The number of rotatable bonds is 19. The molecular weight excluding hydrogens is 358 g/mol. The van der Waals surface area contributed by atoms with Crippen LogP contribution in [0.5, 0.6) is 0 Å². The van der Waals surface area contributed by atoms with E-state index in [1.54, 1.807) is 0 Å². The van der Waals surface area contributed by atoms with E-state index >= 15 is 0 Å². The van der Waals surface area contributed by atoms with Crippen molar-refractivity contribution in [3.8, 4) is 0 Å². The molecule has 0 aliphatic carbocycles. The van der Waals surface area contributed by atoms with Gasteiger partial charge in [0, 0.05) is 0 Å². The predicted octanol–water partition coefficient (Wildman–Crippen LogP) is 3.63. The molecule has 4 nitrogen and oxygen atoms in total. The van der Waals surface area contributed by atoms with Crippen molar-refractivity contribution in [2.24, 2.45) is 5.92 Å². The summed E-state index contributed by atoms with van der Waals surface area (Å²) in [5.41, 5.74) is 0. The molecule has 0 heterocycles. The molecule has 0 bridgehead atoms. The summed E-state index contributed by atoms with van der Waals surface area (Å²) in [6.07, 6.45) is 18.0. The van der Waals surface area contributed by atoms with Crippen LogP contribution in [0.25, 0.3) is 0 Å². The minimum absolute atomic E-state index is 0. The molecule has 0 fully saturated rings. The maximum Gasteiger partial charge on any atom is 1.00 e. The number of phosphoric ester groups is 1. The Balaban J connectivity index is 0. The molecule has 0 saturated carbocycles. The molecule has 0 amide bonds. The van der Waals surface area contributed by atoms with Crippen molar-refractivity contribution < 1.29 is 48.1 Å². The van der Waals surface area contributed by atoms with Gasteiger partial charge in [-0.05, 0) is 12.3 Å². The smallest absolute Gasteiger partial charge is 0.756 e. The molecule has 26 heavy (non-hydrogen) atoms. The van der Waals surface area contributed by atoms with Gasteiger partial charge in [-0.15, -0.1) is 0 Å². The molecule has 0 rings (SSSR count). The Bertz CT molecular complexity index is 327. The predicted molar refractivity (Wildman–Crippen MR) is 105 cm³/mol. The average Bonchev–Trinajstić information content (AvgIpc) is 2.56. The van der Waals surface area contributed by atoms with Crippen molar-refractivity contribution >= 4 is 7.82 Å². The summed E-state index contributed by atoms with van der Waals surface area (Å²) in [4.78, 5) is 11.5. The van der Waals surface area contributed by atoms with Crippen LogP contribution in [-0.4, -0.2) is 13.2 Å². The van der Waals surface area contributed by atoms with Crippen LogP contribution in [0.2, 0.25) is 0 Å². The van der Waals surface area contributed by atoms with Gasteiger partial charge >= 0.3 is 29.6 Å². The molecule has 0 saturated heterocycles. The van der Waals surface area contributed by atoms with Crippen LogP contribution in [-0.2, 0) is 13.6 Å². The van der Waals surface area contributed by atoms with Crippen molar-refractivity contribution in [3.63, 3.8) is 0 Å². The molecular formula is C20H42NaO4P. The third-order valence-electron chi connectivity index (χ3n) is 4.31. The van der Waals surface area contributed by atoms with E-state index in [9.17, 15) is 9.46 Å². The van der Waals surface area contributed by atoms with Crippen LogP contribution in [0.1, 0.15) is 111 Å². The molecule has 0 N–H and O–H groups in total. The second kappa shape index (κ2) is 20.8. The molecule has 0 aliphatic rings. The van der Waals surface area contributed by atoms with Gasteiger partial charge in [0.15, 0.2) is 0 Å². The first-order valence-electron chi connectivity index (χ1n) is 10.6. The first-order chi connectivity index (χ1) is 12.0. The molecule has 0 aromatic carbocycles. The zero-order valence-electron chi connectivity index (χ0n) is 18.0. The van der Waals surface area contributed by atoms with E-state index in [1.807, 2.05) is 13.8 Å². The third kappa shape index (κ3) is 23.1. The largest absolute Gasteiger partial charge is 1.00 e. The van der Waals surface area contributed by atoms with E-state index in [4.69, 9.17) is 9.05 Å². The van der Waals surface area contributed by atoms with Gasteiger partial charge in [-0.1, -0.05) is 104 Å². The summed E-state index contributed by atoms with van der Waals surface area (Å²) in [5, 5.41) is 0. The molecule has 6 heteroatoms. The van der Waals surface area contributed by atoms with Crippen LogP contribution in [0, 0.1) is 5.92 Å². The summed E-state index contributed by atoms with van der Waals surface area (Å²) < 4.78 is 21.1. The summed E-state index contributed by atoms with van der Waals surface area (Å²) in [6, 6.07) is 0. The molecule has 0 spiro atoms. The summed E-state index contributed by atoms with van der Waals surface area (Å²) in [5.74, 6) is 0.187. The second-order valence-electron chi connectivity index (χ2n) is 7.57. The molecule has 0 aliphatic heterocycles. The second-order valence-corrected chi connectivity index (χ2v) is 8.98. The van der Waals surface area contributed by atoms with Crippen molar-refractivity contribution in [1.82, 2.24) is 0 Å². The van der Waals surface area contributed by atoms with Gasteiger partial charge in [0.2, 0.25) is 0 Å². The Morgan fingerprint density at radius 3 is 1.50 bits per heavy atom. The topological polar surface area (TPSA) is 58.6 Å². The van der Waals surface area contributed by atoms with E-state index in [1.165, 1.54) is 70.6 Å². The van der Waals surface area contributed by atoms with Crippen molar-refractivity contribution in [2.45, 2.75) is 111 Å². The van der Waals surface area contributed by atoms with E-state index in [0.717, 1.165) is 19.3 Å². The molecule has 1 atom stereocenters. The summed E-state index contributed by atoms with van der Waals surface area (Å²) >= 11 is 0. The zero-order chi connectivity index (χ0) is 18.8. The normalized spacial score (nSPS) is 13.6. The SMILES string of the molecule is CCCCCCCCCCCCCCCCOP(=O)([O-])OCC(C)C.[Na+]. The number of hydrogen-bond acceptors (Lipinski definition) is 4. The molecule has 1 unspecified atom stereocenters. The Kier molecular flexibility index (Phi) is 23.5. The summed E-state index contributed by atoms with van der Waals surface area (Å²) in [7, 11) is -4.08. The fourth-order valence-electron chi connectivity index (χ4n) is 2.75. The fraction of sp³-hybridized carbons (Fsp3) is 1.00. The van der Waals surface area contributed by atoms with Gasteiger partial charge in [0.1, 0.15) is 0 Å². The minimum atomic E-state index is -4.08. The first kappa shape index (κ1) is 29.3. The Hall–Kier alpha value is 1.11. The number of phosphoric acid groups is 1. The van der Waals surface area contributed by atoms with Gasteiger partial charge in [0.05, 0.1) is 13.2 Å². The Labute approximate surface area is 185 Å². The van der Waals surface area contributed by atoms with E-state index < -0.39 is 7.82 Å². The van der Waals surface area contributed by atoms with Gasteiger partial charge in [0.25, 0.3) is 7.82 Å². The van der Waals surface area contributed by atoms with Gasteiger partial charge in [-0.3, -0.25) is 4.57 Å². The van der Waals surface area contributed by atoms with E-state index in [0.29, 0.717) is 0 Å². The average molecular weight is 401 g/mol. The number of hydrogen-bond donors (Lipinski definition) is 0.